The van der Waals surface area contributed by atoms with E-state index in [0.717, 1.165) is 17.9 Å². The molecule has 2 rings (SSSR count). The van der Waals surface area contributed by atoms with Crippen molar-refractivity contribution in [3.63, 3.8) is 0 Å². The number of hydrogen-bond donors (Lipinski definition) is 0. The second-order valence-corrected chi connectivity index (χ2v) is 3.44. The maximum absolute atomic E-state index is 5.69. The molecule has 0 saturated carbocycles. The highest BCUT2D eigenvalue weighted by Gasteiger charge is 2.04. The molecule has 2 aromatic rings. The van der Waals surface area contributed by atoms with E-state index >= 15 is 0 Å². The van der Waals surface area contributed by atoms with Gasteiger partial charge in [-0.15, -0.1) is 11.6 Å². The van der Waals surface area contributed by atoms with Crippen molar-refractivity contribution >= 4 is 11.6 Å². The molecule has 0 aliphatic heterocycles. The summed E-state index contributed by atoms with van der Waals surface area (Å²) >= 11 is 5.69. The van der Waals surface area contributed by atoms with Gasteiger partial charge in [0.1, 0.15) is 18.7 Å². The van der Waals surface area contributed by atoms with E-state index in [4.69, 9.17) is 11.6 Å². The minimum atomic E-state index is 0.487. The van der Waals surface area contributed by atoms with Gasteiger partial charge >= 0.3 is 0 Å². The fourth-order valence-electron chi connectivity index (χ4n) is 1.38. The van der Waals surface area contributed by atoms with Gasteiger partial charge in [-0.25, -0.2) is 9.67 Å². The summed E-state index contributed by atoms with van der Waals surface area (Å²) in [5.74, 6) is 1.39. The minimum absolute atomic E-state index is 0.487. The lowest BCUT2D eigenvalue weighted by Crippen LogP contribution is -2.09. The molecular formula is C9H12ClN5. The van der Waals surface area contributed by atoms with Crippen LogP contribution in [0.5, 0.6) is 0 Å². The topological polar surface area (TPSA) is 48.5 Å². The predicted octanol–water partition coefficient (Wildman–Crippen LogP) is 1.28. The zero-order chi connectivity index (χ0) is 10.7. The third-order valence-corrected chi connectivity index (χ3v) is 2.45. The van der Waals surface area contributed by atoms with Gasteiger partial charge in [0, 0.05) is 18.3 Å². The van der Waals surface area contributed by atoms with Gasteiger partial charge in [0.2, 0.25) is 0 Å². The van der Waals surface area contributed by atoms with Crippen LogP contribution in [0.15, 0.2) is 18.7 Å². The van der Waals surface area contributed by atoms with Gasteiger partial charge in [0.15, 0.2) is 0 Å². The Kier molecular flexibility index (Phi) is 3.01. The molecule has 15 heavy (non-hydrogen) atoms. The van der Waals surface area contributed by atoms with E-state index in [0.29, 0.717) is 12.4 Å². The number of aromatic nitrogens is 5. The highest BCUT2D eigenvalue weighted by atomic mass is 35.5. The first kappa shape index (κ1) is 10.2. The van der Waals surface area contributed by atoms with Gasteiger partial charge in [0.25, 0.3) is 0 Å². The summed E-state index contributed by atoms with van der Waals surface area (Å²) in [6.07, 6.45) is 5.24. The van der Waals surface area contributed by atoms with Crippen molar-refractivity contribution in [1.82, 2.24) is 24.5 Å². The van der Waals surface area contributed by atoms with Crippen molar-refractivity contribution in [2.75, 3.05) is 0 Å². The SMILES string of the molecule is CCn1ncnc1Cn1cc(CCl)cn1. The minimum Gasteiger partial charge on any atom is -0.265 e. The third kappa shape index (κ3) is 2.18. The molecule has 0 aromatic carbocycles. The third-order valence-electron chi connectivity index (χ3n) is 2.14. The lowest BCUT2D eigenvalue weighted by molar-refractivity contribution is 0.567. The lowest BCUT2D eigenvalue weighted by atomic mass is 10.4. The Labute approximate surface area is 92.7 Å². The summed E-state index contributed by atoms with van der Waals surface area (Å²) in [6, 6.07) is 0. The molecule has 0 saturated heterocycles. The zero-order valence-electron chi connectivity index (χ0n) is 8.47. The molecule has 2 aromatic heterocycles. The van der Waals surface area contributed by atoms with E-state index in [9.17, 15) is 0 Å². The van der Waals surface area contributed by atoms with Crippen LogP contribution in [0, 0.1) is 0 Å². The Morgan fingerprint density at radius 1 is 1.40 bits per heavy atom. The summed E-state index contributed by atoms with van der Waals surface area (Å²) in [5, 5.41) is 8.28. The zero-order valence-corrected chi connectivity index (χ0v) is 9.22. The fourth-order valence-corrected chi connectivity index (χ4v) is 1.52. The normalized spacial score (nSPS) is 10.8. The Morgan fingerprint density at radius 2 is 2.27 bits per heavy atom. The van der Waals surface area contributed by atoms with E-state index in [1.807, 2.05) is 22.5 Å². The number of halogens is 1. The van der Waals surface area contributed by atoms with Crippen LogP contribution in [0.3, 0.4) is 0 Å². The summed E-state index contributed by atoms with van der Waals surface area (Å²) in [5.41, 5.74) is 1.01. The smallest absolute Gasteiger partial charge is 0.148 e. The first-order valence-electron chi connectivity index (χ1n) is 4.77. The Morgan fingerprint density at radius 3 is 2.93 bits per heavy atom. The van der Waals surface area contributed by atoms with Crippen LogP contribution >= 0.6 is 11.6 Å². The second-order valence-electron chi connectivity index (χ2n) is 3.17. The van der Waals surface area contributed by atoms with Crippen LogP contribution < -0.4 is 0 Å². The first-order chi connectivity index (χ1) is 7.33. The molecule has 0 amide bonds. The number of hydrogen-bond acceptors (Lipinski definition) is 3. The van der Waals surface area contributed by atoms with Crippen molar-refractivity contribution in [3.8, 4) is 0 Å². The van der Waals surface area contributed by atoms with Gasteiger partial charge < -0.3 is 0 Å². The quantitative estimate of drug-likeness (QED) is 0.737. The van der Waals surface area contributed by atoms with Crippen LogP contribution in [0.4, 0.5) is 0 Å². The molecule has 5 nitrogen and oxygen atoms in total. The summed E-state index contributed by atoms with van der Waals surface area (Å²) < 4.78 is 3.66. The predicted molar refractivity (Wildman–Crippen MR) is 56.6 cm³/mol. The number of alkyl halides is 1. The average molecular weight is 226 g/mol. The largest absolute Gasteiger partial charge is 0.265 e. The van der Waals surface area contributed by atoms with E-state index in [-0.39, 0.29) is 0 Å². The van der Waals surface area contributed by atoms with Gasteiger partial charge in [-0.3, -0.25) is 4.68 Å². The molecule has 0 aliphatic rings. The molecule has 6 heteroatoms. The summed E-state index contributed by atoms with van der Waals surface area (Å²) in [4.78, 5) is 4.18. The molecule has 80 valence electrons. The van der Waals surface area contributed by atoms with Gasteiger partial charge in [-0.05, 0) is 6.92 Å². The maximum atomic E-state index is 5.69. The Balaban J connectivity index is 2.14. The average Bonchev–Trinajstić information content (AvgIpc) is 2.87. The van der Waals surface area contributed by atoms with Crippen molar-refractivity contribution < 1.29 is 0 Å². The number of aryl methyl sites for hydroxylation is 1. The van der Waals surface area contributed by atoms with Crippen molar-refractivity contribution in [2.24, 2.45) is 0 Å². The molecule has 0 fully saturated rings. The molecule has 0 spiro atoms. The van der Waals surface area contributed by atoms with Crippen molar-refractivity contribution in [1.29, 1.82) is 0 Å². The van der Waals surface area contributed by atoms with E-state index in [1.54, 1.807) is 12.5 Å². The molecule has 0 atom stereocenters. The summed E-state index contributed by atoms with van der Waals surface area (Å²) in [7, 11) is 0. The van der Waals surface area contributed by atoms with Gasteiger partial charge in [-0.2, -0.15) is 10.2 Å². The standard InChI is InChI=1S/C9H12ClN5/c1-2-15-9(11-7-13-15)6-14-5-8(3-10)4-12-14/h4-5,7H,2-3,6H2,1H3. The van der Waals surface area contributed by atoms with Crippen LogP contribution in [0.2, 0.25) is 0 Å². The summed E-state index contributed by atoms with van der Waals surface area (Å²) in [6.45, 7) is 3.48. The molecule has 0 N–H and O–H groups in total. The van der Waals surface area contributed by atoms with Crippen LogP contribution in [0.25, 0.3) is 0 Å². The molecule has 0 bridgehead atoms. The van der Waals surface area contributed by atoms with E-state index in [1.165, 1.54) is 0 Å². The Hall–Kier alpha value is -1.36. The molecular weight excluding hydrogens is 214 g/mol. The van der Waals surface area contributed by atoms with Crippen molar-refractivity contribution in [2.45, 2.75) is 25.9 Å². The monoisotopic (exact) mass is 225 g/mol. The van der Waals surface area contributed by atoms with E-state index in [2.05, 4.69) is 15.2 Å². The maximum Gasteiger partial charge on any atom is 0.148 e. The Bertz CT molecular complexity index is 433. The first-order valence-corrected chi connectivity index (χ1v) is 5.31. The molecule has 0 unspecified atom stereocenters. The second kappa shape index (κ2) is 4.44. The lowest BCUT2D eigenvalue weighted by Gasteiger charge is -2.02. The highest BCUT2D eigenvalue weighted by Crippen LogP contribution is 2.03. The van der Waals surface area contributed by atoms with Crippen LogP contribution in [0.1, 0.15) is 18.3 Å². The highest BCUT2D eigenvalue weighted by molar-refractivity contribution is 6.17. The van der Waals surface area contributed by atoms with Gasteiger partial charge in [-0.1, -0.05) is 0 Å². The van der Waals surface area contributed by atoms with Gasteiger partial charge in [0.05, 0.1) is 12.1 Å². The van der Waals surface area contributed by atoms with Crippen LogP contribution in [-0.2, 0) is 19.0 Å². The number of nitrogens with zero attached hydrogens (tertiary/aromatic N) is 5. The number of rotatable bonds is 4. The van der Waals surface area contributed by atoms with Crippen molar-refractivity contribution in [3.05, 3.63) is 30.1 Å². The van der Waals surface area contributed by atoms with Crippen LogP contribution in [-0.4, -0.2) is 24.5 Å². The molecule has 2 heterocycles. The molecule has 0 aliphatic carbocycles. The molecule has 0 radical (unpaired) electrons. The fraction of sp³-hybridized carbons (Fsp3) is 0.444. The van der Waals surface area contributed by atoms with E-state index < -0.39 is 0 Å².